The first-order valence-electron chi connectivity index (χ1n) is 8.12. The summed E-state index contributed by atoms with van der Waals surface area (Å²) < 4.78 is 0. The summed E-state index contributed by atoms with van der Waals surface area (Å²) in [6.45, 7) is 4.71. The number of rotatable bonds is 3. The first-order valence-corrected chi connectivity index (χ1v) is 8.50. The Hall–Kier alpha value is -2.44. The van der Waals surface area contributed by atoms with Gasteiger partial charge in [-0.25, -0.2) is 24.9 Å². The molecule has 0 fully saturated rings. The van der Waals surface area contributed by atoms with Gasteiger partial charge in [0.2, 0.25) is 0 Å². The molecule has 0 aliphatic carbocycles. The van der Waals surface area contributed by atoms with E-state index < -0.39 is 0 Å². The number of halogens is 1. The normalized spacial score (nSPS) is 14.3. The molecule has 0 aromatic carbocycles. The van der Waals surface area contributed by atoms with Crippen LogP contribution in [-0.2, 0) is 19.5 Å². The average Bonchev–Trinajstić information content (AvgIpc) is 2.64. The molecule has 1 aliphatic heterocycles. The highest BCUT2D eigenvalue weighted by Gasteiger charge is 2.19. The van der Waals surface area contributed by atoms with Crippen LogP contribution in [0.5, 0.6) is 0 Å². The van der Waals surface area contributed by atoms with Gasteiger partial charge < -0.3 is 0 Å². The molecule has 0 N–H and O–H groups in total. The summed E-state index contributed by atoms with van der Waals surface area (Å²) >= 11 is 5.94. The molecule has 0 amide bonds. The minimum Gasteiger partial charge on any atom is -0.294 e. The van der Waals surface area contributed by atoms with Gasteiger partial charge in [0.1, 0.15) is 11.5 Å². The van der Waals surface area contributed by atoms with E-state index in [1.54, 1.807) is 12.4 Å². The average molecular weight is 353 g/mol. The van der Waals surface area contributed by atoms with Crippen LogP contribution in [0.3, 0.4) is 0 Å². The van der Waals surface area contributed by atoms with Crippen LogP contribution in [-0.4, -0.2) is 36.4 Å². The minimum absolute atomic E-state index is 0.538. The fourth-order valence-corrected chi connectivity index (χ4v) is 3.23. The van der Waals surface area contributed by atoms with Crippen molar-refractivity contribution in [2.45, 2.75) is 26.4 Å². The molecule has 0 saturated heterocycles. The molecule has 4 rings (SSSR count). The van der Waals surface area contributed by atoms with Gasteiger partial charge in [-0.05, 0) is 24.1 Å². The van der Waals surface area contributed by atoms with Gasteiger partial charge in [0.05, 0.1) is 11.3 Å². The lowest BCUT2D eigenvalue weighted by molar-refractivity contribution is 0.242. The van der Waals surface area contributed by atoms with E-state index in [0.717, 1.165) is 37.3 Å². The van der Waals surface area contributed by atoms with E-state index in [4.69, 9.17) is 16.6 Å². The van der Waals surface area contributed by atoms with Gasteiger partial charge in [0.25, 0.3) is 0 Å². The van der Waals surface area contributed by atoms with Crippen molar-refractivity contribution in [1.29, 1.82) is 0 Å². The molecule has 0 bridgehead atoms. The van der Waals surface area contributed by atoms with Crippen molar-refractivity contribution in [2.24, 2.45) is 0 Å². The number of aromatic nitrogens is 5. The van der Waals surface area contributed by atoms with E-state index in [1.807, 2.05) is 18.5 Å². The number of pyridine rings is 1. The molecule has 1 aliphatic rings. The molecule has 25 heavy (non-hydrogen) atoms. The molecule has 0 radical (unpaired) electrons. The van der Waals surface area contributed by atoms with Crippen molar-refractivity contribution in [3.05, 3.63) is 64.7 Å². The summed E-state index contributed by atoms with van der Waals surface area (Å²) in [7, 11) is 0. The van der Waals surface area contributed by atoms with E-state index in [2.05, 4.69) is 31.8 Å². The van der Waals surface area contributed by atoms with Crippen LogP contribution in [0.1, 0.15) is 22.4 Å². The number of hydrogen-bond acceptors (Lipinski definition) is 6. The number of aryl methyl sites for hydroxylation is 1. The molecular weight excluding hydrogens is 336 g/mol. The van der Waals surface area contributed by atoms with E-state index >= 15 is 0 Å². The predicted octanol–water partition coefficient (Wildman–Crippen LogP) is 2.85. The number of nitrogens with zero attached hydrogens (tertiary/aromatic N) is 6. The Kier molecular flexibility index (Phi) is 4.38. The fourth-order valence-electron chi connectivity index (χ4n) is 3.02. The zero-order valence-electron chi connectivity index (χ0n) is 13.9. The molecule has 3 aromatic heterocycles. The molecule has 0 saturated carbocycles. The summed E-state index contributed by atoms with van der Waals surface area (Å²) in [5, 5.41) is 0.538. The zero-order chi connectivity index (χ0) is 17.2. The van der Waals surface area contributed by atoms with Crippen molar-refractivity contribution in [1.82, 2.24) is 29.8 Å². The Bertz CT molecular complexity index is 899. The van der Waals surface area contributed by atoms with E-state index in [1.165, 1.54) is 23.0 Å². The molecule has 0 atom stereocenters. The molecule has 0 unspecified atom stereocenters. The van der Waals surface area contributed by atoms with Gasteiger partial charge in [-0.1, -0.05) is 11.6 Å². The topological polar surface area (TPSA) is 67.7 Å². The predicted molar refractivity (Wildman–Crippen MR) is 94.9 cm³/mol. The maximum absolute atomic E-state index is 5.94. The summed E-state index contributed by atoms with van der Waals surface area (Å²) in [6, 6.07) is 1.91. The Morgan fingerprint density at radius 3 is 2.76 bits per heavy atom. The highest BCUT2D eigenvalue weighted by atomic mass is 35.5. The highest BCUT2D eigenvalue weighted by molar-refractivity contribution is 6.29. The van der Waals surface area contributed by atoms with E-state index in [0.29, 0.717) is 11.0 Å². The maximum Gasteiger partial charge on any atom is 0.162 e. The first-order chi connectivity index (χ1) is 12.2. The lowest BCUT2D eigenvalue weighted by Gasteiger charge is -2.28. The van der Waals surface area contributed by atoms with Gasteiger partial charge in [0.15, 0.2) is 5.82 Å². The molecule has 7 heteroatoms. The molecule has 6 nitrogen and oxygen atoms in total. The second-order valence-electron chi connectivity index (χ2n) is 6.19. The smallest absolute Gasteiger partial charge is 0.162 e. The Morgan fingerprint density at radius 2 is 1.96 bits per heavy atom. The summed E-state index contributed by atoms with van der Waals surface area (Å²) in [5.41, 5.74) is 5.49. The van der Waals surface area contributed by atoms with Gasteiger partial charge in [-0.3, -0.25) is 4.90 Å². The monoisotopic (exact) mass is 352 g/mol. The SMILES string of the molecule is Cc1cc(Cl)ncc1CN1CCc2nc(-c3cncnc3)ncc2C1. The Labute approximate surface area is 151 Å². The maximum atomic E-state index is 5.94. The van der Waals surface area contributed by atoms with Crippen LogP contribution in [0.15, 0.2) is 37.2 Å². The number of hydrogen-bond donors (Lipinski definition) is 0. The van der Waals surface area contributed by atoms with Gasteiger partial charge in [-0.15, -0.1) is 0 Å². The fraction of sp³-hybridized carbons (Fsp3) is 0.278. The standard InChI is InChI=1S/C18H17ClN6/c1-12-4-17(19)22-7-14(12)9-25-3-2-16-15(10-25)8-23-18(24-16)13-5-20-11-21-6-13/h4-8,11H,2-3,9-10H2,1H3. The van der Waals surface area contributed by atoms with Crippen LogP contribution in [0.2, 0.25) is 5.15 Å². The van der Waals surface area contributed by atoms with Crippen LogP contribution in [0.4, 0.5) is 0 Å². The second-order valence-corrected chi connectivity index (χ2v) is 6.57. The molecule has 126 valence electrons. The highest BCUT2D eigenvalue weighted by Crippen LogP contribution is 2.22. The van der Waals surface area contributed by atoms with E-state index in [9.17, 15) is 0 Å². The third-order valence-electron chi connectivity index (χ3n) is 4.41. The van der Waals surface area contributed by atoms with Crippen molar-refractivity contribution >= 4 is 11.6 Å². The quantitative estimate of drug-likeness (QED) is 0.675. The van der Waals surface area contributed by atoms with Crippen molar-refractivity contribution in [3.8, 4) is 11.4 Å². The molecule has 3 aromatic rings. The third-order valence-corrected chi connectivity index (χ3v) is 4.62. The Morgan fingerprint density at radius 1 is 1.12 bits per heavy atom. The Balaban J connectivity index is 1.52. The second kappa shape index (κ2) is 6.82. The first kappa shape index (κ1) is 16.1. The van der Waals surface area contributed by atoms with Crippen LogP contribution < -0.4 is 0 Å². The van der Waals surface area contributed by atoms with Gasteiger partial charge in [-0.2, -0.15) is 0 Å². The summed E-state index contributed by atoms with van der Waals surface area (Å²) in [4.78, 5) is 23.8. The van der Waals surface area contributed by atoms with E-state index in [-0.39, 0.29) is 0 Å². The van der Waals surface area contributed by atoms with Crippen LogP contribution >= 0.6 is 11.6 Å². The van der Waals surface area contributed by atoms with Gasteiger partial charge >= 0.3 is 0 Å². The molecular formula is C18H17ClN6. The summed E-state index contributed by atoms with van der Waals surface area (Å²) in [6.07, 6.45) is 9.66. The molecule has 4 heterocycles. The van der Waals surface area contributed by atoms with Crippen molar-refractivity contribution < 1.29 is 0 Å². The summed E-state index contributed by atoms with van der Waals surface area (Å²) in [5.74, 6) is 0.686. The zero-order valence-corrected chi connectivity index (χ0v) is 14.6. The largest absolute Gasteiger partial charge is 0.294 e. The van der Waals surface area contributed by atoms with Crippen molar-refractivity contribution in [3.63, 3.8) is 0 Å². The van der Waals surface area contributed by atoms with Crippen molar-refractivity contribution in [2.75, 3.05) is 6.54 Å². The third kappa shape index (κ3) is 3.50. The lowest BCUT2D eigenvalue weighted by Crippen LogP contribution is -2.31. The number of fused-ring (bicyclic) bond motifs is 1. The van der Waals surface area contributed by atoms with Gasteiger partial charge in [0, 0.05) is 56.4 Å². The lowest BCUT2D eigenvalue weighted by atomic mass is 10.1. The minimum atomic E-state index is 0.538. The van der Waals surface area contributed by atoms with Crippen LogP contribution in [0.25, 0.3) is 11.4 Å². The molecule has 0 spiro atoms. The van der Waals surface area contributed by atoms with Crippen LogP contribution in [0, 0.1) is 6.92 Å².